The molecule has 1 amide bonds. The van der Waals surface area contributed by atoms with Crippen LogP contribution < -0.4 is 0 Å². The van der Waals surface area contributed by atoms with Crippen LogP contribution in [0.3, 0.4) is 0 Å². The second-order valence-electron chi connectivity index (χ2n) is 10.3. The SMILES string of the molecule is CCOC(=O)[C@@H]1CCCN(C(=O)CC2=CSC3=NC(C)=C(C(=O)OC(C)C)[C@H](c4ccc(C)cc4C)N23)C1. The van der Waals surface area contributed by atoms with Crippen molar-refractivity contribution in [1.29, 1.82) is 0 Å². The Balaban J connectivity index is 1.64. The number of esters is 2. The van der Waals surface area contributed by atoms with Crippen LogP contribution in [0.25, 0.3) is 0 Å². The van der Waals surface area contributed by atoms with Gasteiger partial charge in [0.25, 0.3) is 0 Å². The van der Waals surface area contributed by atoms with Gasteiger partial charge in [-0.2, -0.15) is 0 Å². The number of ether oxygens (including phenoxy) is 2. The Morgan fingerprint density at radius 1 is 1.18 bits per heavy atom. The molecule has 1 aromatic rings. The summed E-state index contributed by atoms with van der Waals surface area (Å²) < 4.78 is 10.9. The highest BCUT2D eigenvalue weighted by Gasteiger charge is 2.42. The van der Waals surface area contributed by atoms with Crippen LogP contribution in [0.2, 0.25) is 0 Å². The van der Waals surface area contributed by atoms with Gasteiger partial charge in [-0.05, 0) is 70.9 Å². The lowest BCUT2D eigenvalue weighted by Crippen LogP contribution is -2.44. The molecule has 8 nitrogen and oxygen atoms in total. The second-order valence-corrected chi connectivity index (χ2v) is 11.2. The van der Waals surface area contributed by atoms with Gasteiger partial charge in [-0.25, -0.2) is 9.79 Å². The first-order valence-corrected chi connectivity index (χ1v) is 14.2. The molecule has 0 spiro atoms. The molecule has 204 valence electrons. The van der Waals surface area contributed by atoms with E-state index in [0.29, 0.717) is 31.0 Å². The topological polar surface area (TPSA) is 88.5 Å². The van der Waals surface area contributed by atoms with Gasteiger partial charge in [-0.15, -0.1) is 0 Å². The first kappa shape index (κ1) is 28.0. The average molecular weight is 540 g/mol. The number of amides is 1. The first-order valence-electron chi connectivity index (χ1n) is 13.3. The van der Waals surface area contributed by atoms with Crippen molar-refractivity contribution >= 4 is 34.8 Å². The number of hydrogen-bond donors (Lipinski definition) is 0. The van der Waals surface area contributed by atoms with E-state index in [1.165, 1.54) is 11.8 Å². The Morgan fingerprint density at radius 3 is 2.63 bits per heavy atom. The van der Waals surface area contributed by atoms with E-state index in [-0.39, 0.29) is 30.3 Å². The van der Waals surface area contributed by atoms with Crippen molar-refractivity contribution in [1.82, 2.24) is 9.80 Å². The Labute approximate surface area is 229 Å². The quantitative estimate of drug-likeness (QED) is 0.450. The molecule has 38 heavy (non-hydrogen) atoms. The molecular weight excluding hydrogens is 502 g/mol. The molecule has 1 saturated heterocycles. The third-order valence-electron chi connectivity index (χ3n) is 7.01. The summed E-state index contributed by atoms with van der Waals surface area (Å²) in [6.07, 6.45) is 1.36. The zero-order valence-corrected chi connectivity index (χ0v) is 23.9. The van der Waals surface area contributed by atoms with Crippen LogP contribution in [0.15, 0.2) is 45.6 Å². The van der Waals surface area contributed by atoms with Crippen LogP contribution >= 0.6 is 11.8 Å². The standard InChI is InChI=1S/C29H37N3O5S/c1-7-36-27(34)21-9-8-12-31(15-21)24(33)14-22-16-38-29-30-20(6)25(28(35)37-17(2)3)26(32(22)29)23-11-10-18(4)13-19(23)5/h10-11,13,16-17,21,26H,7-9,12,14-15H2,1-6H3/t21-,26+/m1/s1. The number of aryl methyl sites for hydroxylation is 2. The summed E-state index contributed by atoms with van der Waals surface area (Å²) in [6.45, 7) is 12.7. The zero-order chi connectivity index (χ0) is 27.6. The number of carbonyl (C=O) groups is 3. The summed E-state index contributed by atoms with van der Waals surface area (Å²) in [7, 11) is 0. The van der Waals surface area contributed by atoms with Gasteiger partial charge < -0.3 is 19.3 Å². The van der Waals surface area contributed by atoms with E-state index in [2.05, 4.69) is 6.07 Å². The zero-order valence-electron chi connectivity index (χ0n) is 23.1. The molecule has 1 aromatic carbocycles. The van der Waals surface area contributed by atoms with Crippen molar-refractivity contribution in [2.75, 3.05) is 19.7 Å². The fraction of sp³-hybridized carbons (Fsp3) is 0.517. The van der Waals surface area contributed by atoms with E-state index in [9.17, 15) is 14.4 Å². The summed E-state index contributed by atoms with van der Waals surface area (Å²) >= 11 is 1.46. The van der Waals surface area contributed by atoms with Crippen LogP contribution in [0, 0.1) is 19.8 Å². The molecule has 0 bridgehead atoms. The van der Waals surface area contributed by atoms with Crippen molar-refractivity contribution in [3.63, 3.8) is 0 Å². The van der Waals surface area contributed by atoms with Crippen LogP contribution in [0.4, 0.5) is 0 Å². The maximum absolute atomic E-state index is 13.5. The Bertz CT molecular complexity index is 1220. The number of piperidine rings is 1. The summed E-state index contributed by atoms with van der Waals surface area (Å²) in [6, 6.07) is 5.72. The number of rotatable bonds is 7. The number of nitrogens with zero attached hydrogens (tertiary/aromatic N) is 3. The number of amidine groups is 1. The fourth-order valence-electron chi connectivity index (χ4n) is 5.26. The Morgan fingerprint density at radius 2 is 1.95 bits per heavy atom. The van der Waals surface area contributed by atoms with E-state index in [0.717, 1.165) is 40.4 Å². The van der Waals surface area contributed by atoms with Crippen molar-refractivity contribution in [2.24, 2.45) is 10.9 Å². The summed E-state index contributed by atoms with van der Waals surface area (Å²) in [5.74, 6) is -0.988. The fourth-order valence-corrected chi connectivity index (χ4v) is 6.22. The average Bonchev–Trinajstić information content (AvgIpc) is 3.25. The number of aliphatic imine (C=N–C) groups is 1. The molecule has 0 radical (unpaired) electrons. The molecule has 9 heteroatoms. The van der Waals surface area contributed by atoms with E-state index in [1.54, 1.807) is 11.8 Å². The van der Waals surface area contributed by atoms with E-state index in [1.807, 2.05) is 57.1 Å². The maximum Gasteiger partial charge on any atom is 0.338 e. The molecule has 0 N–H and O–H groups in total. The minimum atomic E-state index is -0.461. The minimum absolute atomic E-state index is 0.0518. The minimum Gasteiger partial charge on any atom is -0.466 e. The van der Waals surface area contributed by atoms with Gasteiger partial charge in [0.05, 0.1) is 42.4 Å². The Hall–Kier alpha value is -3.07. The molecule has 3 aliphatic heterocycles. The lowest BCUT2D eigenvalue weighted by Gasteiger charge is -2.38. The number of benzene rings is 1. The molecule has 1 fully saturated rings. The van der Waals surface area contributed by atoms with Crippen LogP contribution in [0.5, 0.6) is 0 Å². The number of carbonyl (C=O) groups excluding carboxylic acids is 3. The molecule has 0 unspecified atom stereocenters. The predicted octanol–water partition coefficient (Wildman–Crippen LogP) is 5.02. The van der Waals surface area contributed by atoms with Gasteiger partial charge in [-0.3, -0.25) is 9.59 Å². The van der Waals surface area contributed by atoms with Crippen LogP contribution in [-0.2, 0) is 23.9 Å². The molecule has 4 rings (SSSR count). The van der Waals surface area contributed by atoms with E-state index in [4.69, 9.17) is 14.5 Å². The van der Waals surface area contributed by atoms with Gasteiger partial charge in [0, 0.05) is 18.8 Å². The molecule has 3 aliphatic rings. The maximum atomic E-state index is 13.5. The summed E-state index contributed by atoms with van der Waals surface area (Å²) in [4.78, 5) is 47.7. The highest BCUT2D eigenvalue weighted by atomic mass is 32.2. The van der Waals surface area contributed by atoms with Gasteiger partial charge >= 0.3 is 11.9 Å². The lowest BCUT2D eigenvalue weighted by atomic mass is 9.90. The first-order chi connectivity index (χ1) is 18.1. The van der Waals surface area contributed by atoms with E-state index < -0.39 is 12.0 Å². The summed E-state index contributed by atoms with van der Waals surface area (Å²) in [5.41, 5.74) is 5.04. The van der Waals surface area contributed by atoms with Gasteiger partial charge in [0.15, 0.2) is 5.17 Å². The molecular formula is C29H37N3O5S. The number of fused-ring (bicyclic) bond motifs is 1. The monoisotopic (exact) mass is 539 g/mol. The normalized spacial score (nSPS) is 21.2. The predicted molar refractivity (Wildman–Crippen MR) is 148 cm³/mol. The van der Waals surface area contributed by atoms with Crippen molar-refractivity contribution in [2.45, 2.75) is 73.0 Å². The number of hydrogen-bond acceptors (Lipinski definition) is 8. The molecule has 0 saturated carbocycles. The van der Waals surface area contributed by atoms with Gasteiger partial charge in [0.2, 0.25) is 5.91 Å². The largest absolute Gasteiger partial charge is 0.466 e. The third kappa shape index (κ3) is 5.82. The smallest absolute Gasteiger partial charge is 0.338 e. The van der Waals surface area contributed by atoms with Gasteiger partial charge in [-0.1, -0.05) is 35.5 Å². The van der Waals surface area contributed by atoms with Crippen LogP contribution in [-0.4, -0.2) is 58.6 Å². The van der Waals surface area contributed by atoms with Crippen molar-refractivity contribution in [3.05, 3.63) is 57.3 Å². The Kier molecular flexibility index (Phi) is 8.65. The highest BCUT2D eigenvalue weighted by Crippen LogP contribution is 2.46. The van der Waals surface area contributed by atoms with Crippen molar-refractivity contribution < 1.29 is 23.9 Å². The second kappa shape index (κ2) is 11.8. The number of allylic oxidation sites excluding steroid dienone is 1. The molecule has 3 heterocycles. The molecule has 0 aliphatic carbocycles. The summed E-state index contributed by atoms with van der Waals surface area (Å²) in [5, 5.41) is 2.68. The lowest BCUT2D eigenvalue weighted by molar-refractivity contribution is -0.151. The molecule has 0 aromatic heterocycles. The van der Waals surface area contributed by atoms with E-state index >= 15 is 0 Å². The number of likely N-dealkylation sites (tertiary alicyclic amines) is 1. The third-order valence-corrected chi connectivity index (χ3v) is 7.90. The highest BCUT2D eigenvalue weighted by molar-refractivity contribution is 8.16. The molecule has 2 atom stereocenters. The number of thioether (sulfide) groups is 1. The van der Waals surface area contributed by atoms with Crippen LogP contribution in [0.1, 0.15) is 69.7 Å². The van der Waals surface area contributed by atoms with Gasteiger partial charge in [0.1, 0.15) is 0 Å². The van der Waals surface area contributed by atoms with Crippen molar-refractivity contribution in [3.8, 4) is 0 Å².